The van der Waals surface area contributed by atoms with Crippen molar-refractivity contribution in [3.05, 3.63) is 230 Å². The highest BCUT2D eigenvalue weighted by Gasteiger charge is 2.24. The Morgan fingerprint density at radius 3 is 1.00 bits per heavy atom. The first-order chi connectivity index (χ1) is 40.0. The van der Waals surface area contributed by atoms with Crippen molar-refractivity contribution in [1.82, 2.24) is 0 Å². The summed E-state index contributed by atoms with van der Waals surface area (Å²) >= 11 is 0. The normalized spacial score (nSPS) is 10.2. The lowest BCUT2D eigenvalue weighted by atomic mass is 9.96. The molecule has 0 saturated carbocycles. The Kier molecular flexibility index (Phi) is 21.1. The van der Waals surface area contributed by atoms with Gasteiger partial charge in [0.15, 0.2) is 23.1 Å². The second-order valence-electron chi connectivity index (χ2n) is 18.7. The summed E-state index contributed by atoms with van der Waals surface area (Å²) in [6.45, 7) is 3.22. The molecule has 0 spiro atoms. The number of carbonyl (C=O) groups excluding carboxylic acids is 5. The molecule has 0 aromatic heterocycles. The van der Waals surface area contributed by atoms with E-state index >= 15 is 0 Å². The summed E-state index contributed by atoms with van der Waals surface area (Å²) in [6.07, 6.45) is 0. The lowest BCUT2D eigenvalue weighted by molar-refractivity contribution is -0.114. The molecule has 0 radical (unpaired) electrons. The smallest absolute Gasteiger partial charge is 0.336 e. The molecule has 0 aliphatic rings. The maximum Gasteiger partial charge on any atom is 0.336 e. The molecule has 1 amide bonds. The molecule has 11 N–H and O–H groups in total. The van der Waals surface area contributed by atoms with Crippen molar-refractivity contribution in [3.8, 4) is 34.5 Å². The summed E-state index contributed by atoms with van der Waals surface area (Å²) < 4.78 is 0. The Hall–Kier alpha value is -11.8. The van der Waals surface area contributed by atoms with E-state index in [0.717, 1.165) is 53.3 Å². The number of aromatic hydroxyl groups is 6. The number of carboxylic acids is 4. The fraction of sp³-hybridized carbons (Fsp3) is 0.0952. The van der Waals surface area contributed by atoms with Gasteiger partial charge < -0.3 is 66.2 Å². The number of ketones is 4. The topological polar surface area (TPSA) is 374 Å². The molecule has 0 heterocycles. The van der Waals surface area contributed by atoms with E-state index in [1.807, 2.05) is 33.1 Å². The van der Waals surface area contributed by atoms with Crippen molar-refractivity contribution in [2.75, 3.05) is 43.3 Å². The first-order valence-corrected chi connectivity index (χ1v) is 24.9. The second kappa shape index (κ2) is 28.1. The number of rotatable bonds is 15. The Labute approximate surface area is 484 Å². The minimum atomic E-state index is -1.47. The number of nitrogens with zero attached hydrogens (tertiary/aromatic N) is 2. The van der Waals surface area contributed by atoms with E-state index in [0.29, 0.717) is 11.3 Å². The number of aryl methyl sites for hydroxylation is 1. The fourth-order valence-corrected chi connectivity index (χ4v) is 7.97. The summed E-state index contributed by atoms with van der Waals surface area (Å²) in [7, 11) is 7.36. The van der Waals surface area contributed by atoms with Gasteiger partial charge in [-0.3, -0.25) is 24.0 Å². The lowest BCUT2D eigenvalue weighted by Crippen LogP contribution is -2.11. The van der Waals surface area contributed by atoms with Crippen LogP contribution in [0.1, 0.15) is 118 Å². The highest BCUT2D eigenvalue weighted by molar-refractivity contribution is 6.18. The fourth-order valence-electron chi connectivity index (χ4n) is 7.97. The van der Waals surface area contributed by atoms with Crippen LogP contribution in [0, 0.1) is 6.92 Å². The van der Waals surface area contributed by atoms with Gasteiger partial charge in [-0.2, -0.15) is 0 Å². The summed E-state index contributed by atoms with van der Waals surface area (Å²) in [5, 5.41) is 96.6. The van der Waals surface area contributed by atoms with Crippen LogP contribution in [-0.4, -0.2) is 132 Å². The highest BCUT2D eigenvalue weighted by Crippen LogP contribution is 2.31. The van der Waals surface area contributed by atoms with Gasteiger partial charge in [-0.25, -0.2) is 19.2 Å². The molecule has 0 bridgehead atoms. The monoisotopic (exact) mass is 1160 g/mol. The van der Waals surface area contributed by atoms with Gasteiger partial charge in [0.05, 0.1) is 44.5 Å². The van der Waals surface area contributed by atoms with Crippen LogP contribution in [-0.2, 0) is 4.79 Å². The van der Waals surface area contributed by atoms with Gasteiger partial charge in [0, 0.05) is 98.7 Å². The zero-order chi connectivity index (χ0) is 63.1. The summed E-state index contributed by atoms with van der Waals surface area (Å²) in [5.74, 6) is -9.11. The molecule has 22 nitrogen and oxygen atoms in total. The van der Waals surface area contributed by atoms with Crippen LogP contribution in [0.4, 0.5) is 17.1 Å². The molecule has 0 aliphatic heterocycles. The van der Waals surface area contributed by atoms with E-state index < -0.39 is 58.3 Å². The molecule has 8 rings (SSSR count). The van der Waals surface area contributed by atoms with Crippen LogP contribution in [0.25, 0.3) is 0 Å². The number of hydrogen-bond donors (Lipinski definition) is 11. The third-order valence-electron chi connectivity index (χ3n) is 12.3. The molecule has 0 saturated heterocycles. The molecular weight excluding hydrogens is 1100 g/mol. The Morgan fingerprint density at radius 1 is 0.341 bits per heavy atom. The van der Waals surface area contributed by atoms with Crippen molar-refractivity contribution in [1.29, 1.82) is 0 Å². The number of carbonyl (C=O) groups is 9. The van der Waals surface area contributed by atoms with Crippen molar-refractivity contribution in [2.45, 2.75) is 13.8 Å². The molecule has 22 heteroatoms. The molecule has 8 aromatic carbocycles. The Morgan fingerprint density at radius 2 is 0.671 bits per heavy atom. The van der Waals surface area contributed by atoms with E-state index in [1.54, 1.807) is 66.4 Å². The number of hydrogen-bond acceptors (Lipinski definition) is 17. The van der Waals surface area contributed by atoms with Gasteiger partial charge in [-0.05, 0) is 110 Å². The zero-order valence-corrected chi connectivity index (χ0v) is 46.1. The molecule has 0 aliphatic carbocycles. The van der Waals surface area contributed by atoms with Crippen molar-refractivity contribution in [3.63, 3.8) is 0 Å². The van der Waals surface area contributed by atoms with Gasteiger partial charge in [0.25, 0.3) is 0 Å². The largest absolute Gasteiger partial charge is 0.508 e. The molecule has 8 aromatic rings. The summed E-state index contributed by atoms with van der Waals surface area (Å²) in [6, 6.07) is 36.2. The minimum absolute atomic E-state index is 0.0176. The second-order valence-corrected chi connectivity index (χ2v) is 18.7. The van der Waals surface area contributed by atoms with Gasteiger partial charge in [-0.1, -0.05) is 36.4 Å². The third kappa shape index (κ3) is 16.2. The lowest BCUT2D eigenvalue weighted by Gasteiger charge is -2.14. The van der Waals surface area contributed by atoms with Gasteiger partial charge >= 0.3 is 23.9 Å². The van der Waals surface area contributed by atoms with Crippen molar-refractivity contribution < 1.29 is 94.2 Å². The first kappa shape index (κ1) is 64.0. The number of nitrogens with one attached hydrogen (secondary N) is 1. The number of carboxylic acid groups (broad SMARTS) is 4. The van der Waals surface area contributed by atoms with Crippen LogP contribution < -0.4 is 15.1 Å². The Bertz CT molecular complexity index is 3940. The molecule has 0 unspecified atom stereocenters. The minimum Gasteiger partial charge on any atom is -0.508 e. The first-order valence-electron chi connectivity index (χ1n) is 24.9. The predicted molar refractivity (Wildman–Crippen MR) is 311 cm³/mol. The SMILES string of the molecule is CC(=O)Nc1ccc(C(=O)c2ccc(N(C)C)cc2O)c(C)c1.CN(C)c1ccc(C(=O)c2ccccc2C(=O)O)c(O)c1.O=C(O)c1ccc(C(=O)c2ccc(O)cc2O)c(C(=O)O)c1.O=C(O)c1ccccc1C(=O)c1ccc(O)cc1O. The van der Waals surface area contributed by atoms with Crippen LogP contribution in [0.5, 0.6) is 34.5 Å². The van der Waals surface area contributed by atoms with Gasteiger partial charge in [-0.15, -0.1) is 0 Å². The number of aromatic carboxylic acids is 4. The van der Waals surface area contributed by atoms with Crippen molar-refractivity contribution >= 4 is 70.0 Å². The van der Waals surface area contributed by atoms with Gasteiger partial charge in [0.1, 0.15) is 34.5 Å². The average molecular weight is 1160 g/mol. The molecular formula is C63H55N3O19. The van der Waals surface area contributed by atoms with E-state index in [-0.39, 0.29) is 90.3 Å². The van der Waals surface area contributed by atoms with E-state index in [2.05, 4.69) is 5.32 Å². The molecule has 0 fully saturated rings. The summed E-state index contributed by atoms with van der Waals surface area (Å²) in [4.78, 5) is 109. The maximum absolute atomic E-state index is 12.6. The van der Waals surface area contributed by atoms with E-state index in [1.165, 1.54) is 73.7 Å². The van der Waals surface area contributed by atoms with Crippen LogP contribution in [0.2, 0.25) is 0 Å². The third-order valence-corrected chi connectivity index (χ3v) is 12.3. The average Bonchev–Trinajstić information content (AvgIpc) is 2.96. The van der Waals surface area contributed by atoms with Crippen LogP contribution in [0.15, 0.2) is 158 Å². The predicted octanol–water partition coefficient (Wildman–Crippen LogP) is 9.10. The van der Waals surface area contributed by atoms with E-state index in [9.17, 15) is 68.7 Å². The number of phenolic OH excluding ortho intramolecular Hbond substituents is 6. The highest BCUT2D eigenvalue weighted by atomic mass is 16.4. The van der Waals surface area contributed by atoms with E-state index in [4.69, 9.17) is 25.5 Å². The zero-order valence-electron chi connectivity index (χ0n) is 46.1. The number of amides is 1. The standard InChI is InChI=1S/C18H20N2O3.C16H15NO4.C15H10O7.C14H10O5/c1-11-9-13(19-12(2)21)5-7-15(11)18(23)16-8-6-14(20(3)4)10-17(16)22;1-17(2)10-7-8-13(14(18)9-10)15(19)11-5-3-4-6-12(11)16(20)21;16-8-2-4-10(12(17)6-8)13(18)9-3-1-7(14(19)20)5-11(9)15(21)22;15-8-5-6-11(12(16)7-8)13(17)9-3-1-2-4-10(9)14(18)19/h5-10,22H,1-4H3,(H,19,21);3-9,18H,1-2H3,(H,20,21);1-6,16-17H,(H,19,20)(H,21,22);1-7,15-16H,(H,18,19). The molecule has 436 valence electrons. The summed E-state index contributed by atoms with van der Waals surface area (Å²) in [5.41, 5.74) is 2.28. The van der Waals surface area contributed by atoms with Gasteiger partial charge in [0.2, 0.25) is 5.91 Å². The van der Waals surface area contributed by atoms with Crippen molar-refractivity contribution in [2.24, 2.45) is 0 Å². The van der Waals surface area contributed by atoms with Crippen LogP contribution in [0.3, 0.4) is 0 Å². The van der Waals surface area contributed by atoms with Crippen LogP contribution >= 0.6 is 0 Å². The maximum atomic E-state index is 12.6. The number of anilines is 3. The molecule has 0 atom stereocenters. The Balaban J connectivity index is 0.000000208. The molecule has 85 heavy (non-hydrogen) atoms. The number of phenols is 6. The quantitative estimate of drug-likeness (QED) is 0.0426. The number of benzene rings is 8.